The minimum atomic E-state index is -4.63. The fourth-order valence-electron chi connectivity index (χ4n) is 5.44. The van der Waals surface area contributed by atoms with Crippen LogP contribution >= 0.6 is 11.3 Å². The lowest BCUT2D eigenvalue weighted by molar-refractivity contribution is -0.137. The molecule has 2 aliphatic rings. The third-order valence-electron chi connectivity index (χ3n) is 7.33. The first-order chi connectivity index (χ1) is 17.9. The summed E-state index contributed by atoms with van der Waals surface area (Å²) in [5.41, 5.74) is -1.01. The van der Waals surface area contributed by atoms with E-state index in [9.17, 15) is 26.4 Å². The van der Waals surface area contributed by atoms with Crippen LogP contribution in [-0.2, 0) is 25.7 Å². The molecule has 1 N–H and O–H groups in total. The number of nitrogens with zero attached hydrogens (tertiary/aromatic N) is 2. The Morgan fingerprint density at radius 3 is 2.53 bits per heavy atom. The summed E-state index contributed by atoms with van der Waals surface area (Å²) in [5, 5.41) is 5.14. The molecular weight excluding hydrogens is 539 g/mol. The molecule has 2 aromatic rings. The zero-order valence-electron chi connectivity index (χ0n) is 21.5. The van der Waals surface area contributed by atoms with Crippen LogP contribution in [0.1, 0.15) is 48.6 Å². The van der Waals surface area contributed by atoms with Gasteiger partial charge in [-0.1, -0.05) is 12.1 Å². The van der Waals surface area contributed by atoms with Crippen molar-refractivity contribution in [1.29, 1.82) is 0 Å². The van der Waals surface area contributed by atoms with Crippen molar-refractivity contribution in [2.24, 2.45) is 5.92 Å². The maximum atomic E-state index is 13.0. The highest BCUT2D eigenvalue weighted by Gasteiger charge is 2.36. The van der Waals surface area contributed by atoms with E-state index in [1.165, 1.54) is 4.88 Å². The molecule has 12 heteroatoms. The van der Waals surface area contributed by atoms with Crippen LogP contribution in [0.15, 0.2) is 46.7 Å². The fraction of sp³-hybridized carbons (Fsp3) is 0.577. The lowest BCUT2D eigenvalue weighted by Crippen LogP contribution is -2.41. The summed E-state index contributed by atoms with van der Waals surface area (Å²) < 4.78 is 71.6. The van der Waals surface area contributed by atoms with E-state index in [2.05, 4.69) is 41.8 Å². The Balaban J connectivity index is 1.23. The van der Waals surface area contributed by atoms with Gasteiger partial charge >= 0.3 is 6.18 Å². The fourth-order valence-corrected chi connectivity index (χ4v) is 7.99. The zero-order chi connectivity index (χ0) is 27.5. The first-order valence-electron chi connectivity index (χ1n) is 12.7. The van der Waals surface area contributed by atoms with Gasteiger partial charge < -0.3 is 15.0 Å². The van der Waals surface area contributed by atoms with E-state index in [1.807, 2.05) is 0 Å². The summed E-state index contributed by atoms with van der Waals surface area (Å²) in [7, 11) is 0.103. The summed E-state index contributed by atoms with van der Waals surface area (Å²) >= 11 is 1.77. The number of amides is 1. The van der Waals surface area contributed by atoms with E-state index < -0.39 is 32.8 Å². The van der Waals surface area contributed by atoms with Gasteiger partial charge in [0.2, 0.25) is 15.9 Å². The Kier molecular flexibility index (Phi) is 9.18. The predicted molar refractivity (Wildman–Crippen MR) is 139 cm³/mol. The summed E-state index contributed by atoms with van der Waals surface area (Å²) in [6.07, 6.45) is -0.964. The number of hydrogen-bond donors (Lipinski definition) is 1. The molecule has 2 heterocycles. The van der Waals surface area contributed by atoms with Crippen LogP contribution in [0.5, 0.6) is 0 Å². The van der Waals surface area contributed by atoms with E-state index in [1.54, 1.807) is 11.3 Å². The third-order valence-corrected chi connectivity index (χ3v) is 10.1. The van der Waals surface area contributed by atoms with Crippen molar-refractivity contribution in [3.8, 4) is 0 Å². The monoisotopic (exact) mass is 573 g/mol. The van der Waals surface area contributed by atoms with E-state index >= 15 is 0 Å². The molecule has 1 saturated carbocycles. The third kappa shape index (κ3) is 6.95. The smallest absolute Gasteiger partial charge is 0.367 e. The number of ether oxygens (including phenoxy) is 1. The van der Waals surface area contributed by atoms with E-state index in [0.717, 1.165) is 48.2 Å². The SMILES string of the molecule is CN(C)C(c1cccs1)C1CCC(NC(=O)COC2CCN(S(=O)(=O)c3cccc(C(F)(F)F)c3)C2)CC1. The quantitative estimate of drug-likeness (QED) is 0.477. The number of alkyl halides is 3. The van der Waals surface area contributed by atoms with Crippen LogP contribution in [-0.4, -0.2) is 69.5 Å². The number of carbonyl (C=O) groups excluding carboxylic acids is 1. The molecule has 0 bridgehead atoms. The second-order valence-electron chi connectivity index (χ2n) is 10.2. The van der Waals surface area contributed by atoms with Gasteiger partial charge in [0.25, 0.3) is 0 Å². The van der Waals surface area contributed by atoms with Gasteiger partial charge in [0.1, 0.15) is 6.61 Å². The summed E-state index contributed by atoms with van der Waals surface area (Å²) in [4.78, 5) is 15.7. The molecule has 2 unspecified atom stereocenters. The lowest BCUT2D eigenvalue weighted by atomic mass is 9.80. The molecule has 7 nitrogen and oxygen atoms in total. The average Bonchev–Trinajstić information content (AvgIpc) is 3.56. The van der Waals surface area contributed by atoms with Crippen LogP contribution in [0.2, 0.25) is 0 Å². The van der Waals surface area contributed by atoms with Crippen LogP contribution in [0.4, 0.5) is 13.2 Å². The van der Waals surface area contributed by atoms with Crippen molar-refractivity contribution in [1.82, 2.24) is 14.5 Å². The molecule has 2 fully saturated rings. The molecule has 1 aliphatic heterocycles. The van der Waals surface area contributed by atoms with Gasteiger partial charge in [-0.05, 0) is 81.8 Å². The number of carbonyl (C=O) groups is 1. The Morgan fingerprint density at radius 1 is 1.16 bits per heavy atom. The molecule has 1 aromatic heterocycles. The van der Waals surface area contributed by atoms with Crippen LogP contribution in [0.3, 0.4) is 0 Å². The largest absolute Gasteiger partial charge is 0.416 e. The molecule has 0 spiro atoms. The van der Waals surface area contributed by atoms with Crippen molar-refractivity contribution in [3.05, 3.63) is 52.2 Å². The average molecular weight is 574 g/mol. The highest BCUT2D eigenvalue weighted by molar-refractivity contribution is 7.89. The standard InChI is InChI=1S/C26H34F3N3O4S2/c1-31(2)25(23-7-4-14-37-23)18-8-10-20(11-9-18)30-24(33)17-36-21-12-13-32(16-21)38(34,35)22-6-3-5-19(15-22)26(27,28)29/h3-7,14-15,18,20-21,25H,8-13,16-17H2,1-2H3,(H,30,33). The molecule has 210 valence electrons. The maximum absolute atomic E-state index is 13.0. The Bertz CT molecular complexity index is 1180. The number of rotatable bonds is 9. The van der Waals surface area contributed by atoms with Gasteiger partial charge in [0, 0.05) is 30.1 Å². The molecule has 1 aromatic carbocycles. The Labute approximate surface area is 226 Å². The van der Waals surface area contributed by atoms with E-state index in [4.69, 9.17) is 4.74 Å². The molecule has 1 amide bonds. The first kappa shape index (κ1) is 29.0. The summed E-state index contributed by atoms with van der Waals surface area (Å²) in [6, 6.07) is 8.42. The summed E-state index contributed by atoms with van der Waals surface area (Å²) in [6.45, 7) is -0.0741. The molecule has 1 saturated heterocycles. The predicted octanol–water partition coefficient (Wildman–Crippen LogP) is 4.52. The number of sulfonamides is 1. The molecule has 0 radical (unpaired) electrons. The first-order valence-corrected chi connectivity index (χ1v) is 15.1. The zero-order valence-corrected chi connectivity index (χ0v) is 23.1. The molecular formula is C26H34F3N3O4S2. The normalized spacial score (nSPS) is 24.0. The van der Waals surface area contributed by atoms with Crippen molar-refractivity contribution >= 4 is 27.3 Å². The van der Waals surface area contributed by atoms with Crippen molar-refractivity contribution in [2.75, 3.05) is 33.8 Å². The minimum absolute atomic E-state index is 0.00832. The highest BCUT2D eigenvalue weighted by Crippen LogP contribution is 2.39. The lowest BCUT2D eigenvalue weighted by Gasteiger charge is -2.37. The van der Waals surface area contributed by atoms with E-state index in [-0.39, 0.29) is 31.6 Å². The topological polar surface area (TPSA) is 79.0 Å². The molecule has 4 rings (SSSR count). The highest BCUT2D eigenvalue weighted by atomic mass is 32.2. The van der Waals surface area contributed by atoms with Crippen molar-refractivity contribution in [2.45, 2.75) is 61.4 Å². The Hall–Kier alpha value is -1.99. The van der Waals surface area contributed by atoms with Crippen LogP contribution < -0.4 is 5.32 Å². The van der Waals surface area contributed by atoms with Gasteiger partial charge in [0.05, 0.1) is 16.6 Å². The molecule has 1 aliphatic carbocycles. The molecule has 2 atom stereocenters. The Morgan fingerprint density at radius 2 is 1.89 bits per heavy atom. The molecule has 38 heavy (non-hydrogen) atoms. The van der Waals surface area contributed by atoms with Crippen LogP contribution in [0.25, 0.3) is 0 Å². The van der Waals surface area contributed by atoms with Gasteiger partial charge in [-0.3, -0.25) is 4.79 Å². The number of hydrogen-bond acceptors (Lipinski definition) is 6. The second-order valence-corrected chi connectivity index (χ2v) is 13.1. The number of benzene rings is 1. The maximum Gasteiger partial charge on any atom is 0.416 e. The van der Waals surface area contributed by atoms with Gasteiger partial charge in [-0.15, -0.1) is 11.3 Å². The van der Waals surface area contributed by atoms with Gasteiger partial charge in [-0.25, -0.2) is 8.42 Å². The number of halogens is 3. The van der Waals surface area contributed by atoms with E-state index in [0.29, 0.717) is 24.4 Å². The minimum Gasteiger partial charge on any atom is -0.367 e. The summed E-state index contributed by atoms with van der Waals surface area (Å²) in [5.74, 6) is 0.284. The van der Waals surface area contributed by atoms with Crippen molar-refractivity contribution < 1.29 is 31.1 Å². The van der Waals surface area contributed by atoms with Crippen LogP contribution in [0, 0.1) is 5.92 Å². The van der Waals surface area contributed by atoms with Crippen molar-refractivity contribution in [3.63, 3.8) is 0 Å². The van der Waals surface area contributed by atoms with Gasteiger partial charge in [-0.2, -0.15) is 17.5 Å². The number of nitrogens with one attached hydrogen (secondary N) is 1. The second kappa shape index (κ2) is 12.0. The van der Waals surface area contributed by atoms with Gasteiger partial charge in [0.15, 0.2) is 0 Å². The number of thiophene rings is 1.